The second-order valence-electron chi connectivity index (χ2n) is 21.1. The molecule has 2 aromatic heterocycles. The summed E-state index contributed by atoms with van der Waals surface area (Å²) in [5.41, 5.74) is 6.01. The zero-order chi connectivity index (χ0) is 47.9. The average molecular weight is 971 g/mol. The van der Waals surface area contributed by atoms with Crippen molar-refractivity contribution in [3.63, 3.8) is 0 Å². The minimum Gasteiger partial charge on any atom is -0.489 e. The van der Waals surface area contributed by atoms with Crippen molar-refractivity contribution in [2.45, 2.75) is 93.3 Å². The van der Waals surface area contributed by atoms with Crippen LogP contribution < -0.4 is 29.3 Å². The topological polar surface area (TPSA) is 182 Å². The number of H-pyrrole nitrogens is 1. The smallest absolute Gasteiger partial charge is 0.297 e. The van der Waals surface area contributed by atoms with Crippen LogP contribution in [-0.2, 0) is 10.0 Å². The molecule has 0 bridgehead atoms. The number of amides is 1. The molecule has 0 radical (unpaired) electrons. The van der Waals surface area contributed by atoms with Crippen LogP contribution in [0.25, 0.3) is 11.0 Å². The van der Waals surface area contributed by atoms with E-state index in [0.717, 1.165) is 75.2 Å². The number of hydrogen-bond donors (Lipinski definition) is 3. The van der Waals surface area contributed by atoms with Crippen LogP contribution in [0.1, 0.15) is 91.7 Å². The predicted octanol–water partition coefficient (Wildman–Crippen LogP) is 7.39. The van der Waals surface area contributed by atoms with E-state index >= 15 is 0 Å². The maximum absolute atomic E-state index is 14.6. The van der Waals surface area contributed by atoms with Gasteiger partial charge in [0.05, 0.1) is 33.7 Å². The summed E-state index contributed by atoms with van der Waals surface area (Å²) >= 11 is 0. The van der Waals surface area contributed by atoms with Crippen molar-refractivity contribution in [3.05, 3.63) is 99.7 Å². The third kappa shape index (κ3) is 8.49. The number of piperidine rings is 1. The number of nitrogens with one attached hydrogen (secondary N) is 3. The van der Waals surface area contributed by atoms with Crippen LogP contribution in [0.2, 0.25) is 0 Å². The zero-order valence-corrected chi connectivity index (χ0v) is 40.8. The first kappa shape index (κ1) is 45.2. The first-order chi connectivity index (χ1) is 33.9. The third-order valence-corrected chi connectivity index (χ3v) is 17.7. The van der Waals surface area contributed by atoms with Crippen molar-refractivity contribution in [2.24, 2.45) is 5.41 Å². The van der Waals surface area contributed by atoms with Crippen LogP contribution in [0.3, 0.4) is 0 Å². The summed E-state index contributed by atoms with van der Waals surface area (Å²) in [6.07, 6.45) is 11.2. The molecule has 5 fully saturated rings. The van der Waals surface area contributed by atoms with E-state index in [2.05, 4.69) is 65.9 Å². The Kier molecular flexibility index (Phi) is 11.4. The maximum Gasteiger partial charge on any atom is 0.297 e. The standard InChI is InChI=1S/C52H62N10O7S/c1-33-30-61(46-24-35-13-16-53-49(35)55-51(46)69-33)44-25-37(59-18-14-52(15-19-59)28-38(29-52)60-17-5-8-43(60)41-7-4-3-6-40(41)34-9-10-34)11-12-42(44)50(63)56-70(66,67)39-26-45(62(64)65)48-47(27-39)68-32-36(54-48)31-58-22-20-57(2)21-23-58/h3-4,6-7,11-13,16,24-27,33-34,36,38,43,54H,5,8-10,14-15,17-23,28-32H2,1-2H3,(H,53,55)(H,56,63)/t33-,36?,43?/m1/s1. The quantitative estimate of drug-likeness (QED) is 0.0880. The molecule has 17 nitrogen and oxygen atoms in total. The number of rotatable bonds is 11. The Morgan fingerprint density at radius 1 is 0.943 bits per heavy atom. The largest absolute Gasteiger partial charge is 0.489 e. The van der Waals surface area contributed by atoms with Gasteiger partial charge in [-0.05, 0) is 125 Å². The Hall–Kier alpha value is -5.95. The zero-order valence-electron chi connectivity index (χ0n) is 39.9. The lowest BCUT2D eigenvalue weighted by atomic mass is 9.59. The van der Waals surface area contributed by atoms with Crippen molar-refractivity contribution in [2.75, 3.05) is 87.7 Å². The van der Waals surface area contributed by atoms with Gasteiger partial charge in [-0.25, -0.2) is 13.1 Å². The molecule has 2 unspecified atom stereocenters. The van der Waals surface area contributed by atoms with Crippen LogP contribution in [-0.4, -0.2) is 135 Å². The highest BCUT2D eigenvalue weighted by molar-refractivity contribution is 7.90. The molecule has 2 aliphatic carbocycles. The molecular formula is C52H62N10O7S. The molecule has 3 N–H and O–H groups in total. The second-order valence-corrected chi connectivity index (χ2v) is 22.8. The molecule has 5 aliphatic heterocycles. The molecule has 3 saturated heterocycles. The number of nitro groups is 1. The number of aromatic amines is 1. The number of pyridine rings is 1. The van der Waals surface area contributed by atoms with Gasteiger partial charge in [-0.2, -0.15) is 4.98 Å². The normalized spacial score (nSPS) is 24.1. The monoisotopic (exact) mass is 970 g/mol. The number of benzene rings is 3. The summed E-state index contributed by atoms with van der Waals surface area (Å²) in [6, 6.07) is 21.8. The fraction of sp³-hybridized carbons (Fsp3) is 0.500. The fourth-order valence-electron chi connectivity index (χ4n) is 12.4. The highest BCUT2D eigenvalue weighted by Gasteiger charge is 2.50. The summed E-state index contributed by atoms with van der Waals surface area (Å²) in [7, 11) is -2.57. The average Bonchev–Trinajstić information content (AvgIpc) is 3.90. The second kappa shape index (κ2) is 17.7. The van der Waals surface area contributed by atoms with E-state index in [1.807, 2.05) is 42.3 Å². The molecule has 1 amide bonds. The summed E-state index contributed by atoms with van der Waals surface area (Å²) in [5.74, 6) is 0.309. The lowest BCUT2D eigenvalue weighted by Crippen LogP contribution is -2.55. The lowest BCUT2D eigenvalue weighted by molar-refractivity contribution is -0.384. The number of nitrogens with zero attached hydrogens (tertiary/aromatic N) is 7. The molecule has 12 rings (SSSR count). The van der Waals surface area contributed by atoms with E-state index in [9.17, 15) is 23.3 Å². The number of anilines is 4. The van der Waals surface area contributed by atoms with Crippen molar-refractivity contribution in [1.29, 1.82) is 0 Å². The molecule has 7 aliphatic rings. The van der Waals surface area contributed by atoms with Gasteiger partial charge >= 0.3 is 0 Å². The number of fused-ring (bicyclic) bond motifs is 3. The number of aromatic nitrogens is 2. The van der Waals surface area contributed by atoms with Crippen LogP contribution in [0.5, 0.6) is 11.6 Å². The summed E-state index contributed by atoms with van der Waals surface area (Å²) in [5, 5.41) is 16.6. The summed E-state index contributed by atoms with van der Waals surface area (Å²) in [4.78, 5) is 45.7. The van der Waals surface area contributed by atoms with Crippen molar-refractivity contribution < 1.29 is 27.6 Å². The van der Waals surface area contributed by atoms with Crippen LogP contribution in [0.4, 0.5) is 28.4 Å². The fourth-order valence-corrected chi connectivity index (χ4v) is 13.4. The minimum atomic E-state index is -4.65. The van der Waals surface area contributed by atoms with E-state index in [-0.39, 0.29) is 35.8 Å². The molecule has 3 aromatic carbocycles. The van der Waals surface area contributed by atoms with Crippen molar-refractivity contribution in [3.8, 4) is 11.6 Å². The predicted molar refractivity (Wildman–Crippen MR) is 268 cm³/mol. The Morgan fingerprint density at radius 2 is 1.73 bits per heavy atom. The number of nitro benzene ring substituents is 1. The van der Waals surface area contributed by atoms with E-state index in [0.29, 0.717) is 53.5 Å². The molecular weight excluding hydrogens is 909 g/mol. The molecule has 368 valence electrons. The number of likely N-dealkylation sites (tertiary alicyclic amines) is 1. The third-order valence-electron chi connectivity index (χ3n) is 16.4. The van der Waals surface area contributed by atoms with Crippen LogP contribution >= 0.6 is 0 Å². The summed E-state index contributed by atoms with van der Waals surface area (Å²) in [6.45, 7) is 9.60. The van der Waals surface area contributed by atoms with Crippen LogP contribution in [0, 0.1) is 15.5 Å². The van der Waals surface area contributed by atoms with Crippen LogP contribution in [0.15, 0.2) is 77.8 Å². The van der Waals surface area contributed by atoms with E-state index < -0.39 is 31.4 Å². The molecule has 5 aromatic rings. The van der Waals surface area contributed by atoms with Crippen molar-refractivity contribution >= 4 is 55.4 Å². The van der Waals surface area contributed by atoms with Gasteiger partial charge in [0.25, 0.3) is 21.6 Å². The number of hydrogen-bond acceptors (Lipinski definition) is 14. The van der Waals surface area contributed by atoms with E-state index in [1.54, 1.807) is 17.2 Å². The number of ether oxygens (including phenoxy) is 2. The highest BCUT2D eigenvalue weighted by atomic mass is 32.2. The van der Waals surface area contributed by atoms with Gasteiger partial charge in [0.15, 0.2) is 11.4 Å². The number of likely N-dealkylation sites (N-methyl/N-ethyl adjacent to an activating group) is 1. The molecule has 7 heterocycles. The Bertz CT molecular complexity index is 2960. The maximum atomic E-state index is 14.6. The number of carbonyl (C=O) groups excluding carboxylic acids is 1. The van der Waals surface area contributed by atoms with Gasteiger partial charge in [-0.15, -0.1) is 0 Å². The molecule has 3 atom stereocenters. The minimum absolute atomic E-state index is 0.0415. The first-order valence-corrected chi connectivity index (χ1v) is 26.7. The van der Waals surface area contributed by atoms with Gasteiger partial charge in [0.2, 0.25) is 5.88 Å². The van der Waals surface area contributed by atoms with Gasteiger partial charge < -0.3 is 34.5 Å². The van der Waals surface area contributed by atoms with E-state index in [4.69, 9.17) is 14.5 Å². The highest BCUT2D eigenvalue weighted by Crippen LogP contribution is 2.55. The van der Waals surface area contributed by atoms with E-state index in [1.165, 1.54) is 51.1 Å². The summed E-state index contributed by atoms with van der Waals surface area (Å²) < 4.78 is 43.0. The molecule has 70 heavy (non-hydrogen) atoms. The van der Waals surface area contributed by atoms with Gasteiger partial charge in [-0.1, -0.05) is 24.3 Å². The van der Waals surface area contributed by atoms with Gasteiger partial charge in [0.1, 0.15) is 24.0 Å². The Morgan fingerprint density at radius 3 is 2.50 bits per heavy atom. The Labute approximate surface area is 408 Å². The molecule has 2 saturated carbocycles. The number of carbonyl (C=O) groups is 1. The number of sulfonamides is 1. The van der Waals surface area contributed by atoms with Gasteiger partial charge in [0, 0.05) is 87.3 Å². The van der Waals surface area contributed by atoms with Crippen molar-refractivity contribution in [1.82, 2.24) is 29.4 Å². The Balaban J connectivity index is 0.795. The first-order valence-electron chi connectivity index (χ1n) is 25.2. The molecule has 18 heteroatoms. The van der Waals surface area contributed by atoms with Gasteiger partial charge in [-0.3, -0.25) is 24.7 Å². The molecule has 1 spiro atoms. The number of piperazine rings is 1. The SMILES string of the molecule is C[C@@H]1CN(c2cc(N3CCC4(CC3)CC(N3CCCC3c3ccccc3C3CC3)C4)ccc2C(=O)NS(=O)(=O)c2cc3c(c([N+](=O)[O-])c2)NC(CN2CCN(C)CC2)CO3)c2cc3cc[nH]c3nc2O1. The lowest BCUT2D eigenvalue weighted by Gasteiger charge is -2.56.